The van der Waals surface area contributed by atoms with Crippen LogP contribution in [0.3, 0.4) is 0 Å². The van der Waals surface area contributed by atoms with Gasteiger partial charge in [-0.2, -0.15) is 0 Å². The van der Waals surface area contributed by atoms with E-state index in [1.807, 2.05) is 12.1 Å². The highest BCUT2D eigenvalue weighted by atomic mass is 16.5. The molecule has 1 aromatic rings. The van der Waals surface area contributed by atoms with Crippen molar-refractivity contribution in [2.75, 3.05) is 26.2 Å². The summed E-state index contributed by atoms with van der Waals surface area (Å²) in [6.07, 6.45) is 1.33. The fourth-order valence-electron chi connectivity index (χ4n) is 3.05. The molecule has 116 valence electrons. The molecule has 1 aromatic carbocycles. The summed E-state index contributed by atoms with van der Waals surface area (Å²) in [7, 11) is 0. The molecule has 2 rings (SSSR count). The zero-order valence-electron chi connectivity index (χ0n) is 12.8. The summed E-state index contributed by atoms with van der Waals surface area (Å²) < 4.78 is 5.76. The standard InChI is InChI=1S/C16H25N3O2/c1-12-9-13(2)11-19(10-12)7-8-21-15-5-3-14(4-6-15)16(17)18-20/h3-6,12-13,20H,7-11H2,1-2H3,(H2,17,18). The molecule has 1 aliphatic rings. The van der Waals surface area contributed by atoms with Crippen LogP contribution in [0.25, 0.3) is 0 Å². The van der Waals surface area contributed by atoms with E-state index in [-0.39, 0.29) is 5.84 Å². The van der Waals surface area contributed by atoms with Crippen LogP contribution < -0.4 is 10.5 Å². The Labute approximate surface area is 126 Å². The molecule has 2 unspecified atom stereocenters. The highest BCUT2D eigenvalue weighted by molar-refractivity contribution is 5.97. The van der Waals surface area contributed by atoms with Gasteiger partial charge in [-0.3, -0.25) is 4.90 Å². The summed E-state index contributed by atoms with van der Waals surface area (Å²) in [6, 6.07) is 7.26. The number of ether oxygens (including phenoxy) is 1. The third-order valence-corrected chi connectivity index (χ3v) is 3.88. The van der Waals surface area contributed by atoms with Crippen LogP contribution in [0.15, 0.2) is 29.4 Å². The van der Waals surface area contributed by atoms with Crippen LogP contribution in [-0.4, -0.2) is 42.2 Å². The molecule has 0 amide bonds. The molecule has 3 N–H and O–H groups in total. The van der Waals surface area contributed by atoms with Gasteiger partial charge in [0.25, 0.3) is 0 Å². The molecule has 0 aromatic heterocycles. The topological polar surface area (TPSA) is 71.1 Å². The maximum Gasteiger partial charge on any atom is 0.170 e. The van der Waals surface area contributed by atoms with E-state index in [0.717, 1.165) is 37.2 Å². The largest absolute Gasteiger partial charge is 0.492 e. The van der Waals surface area contributed by atoms with Gasteiger partial charge in [-0.15, -0.1) is 0 Å². The number of hydrogen-bond donors (Lipinski definition) is 2. The lowest BCUT2D eigenvalue weighted by Crippen LogP contribution is -2.40. The monoisotopic (exact) mass is 291 g/mol. The smallest absolute Gasteiger partial charge is 0.170 e. The average molecular weight is 291 g/mol. The number of rotatable bonds is 5. The van der Waals surface area contributed by atoms with Gasteiger partial charge in [0.1, 0.15) is 12.4 Å². The maximum atomic E-state index is 8.61. The van der Waals surface area contributed by atoms with Crippen molar-refractivity contribution in [3.8, 4) is 5.75 Å². The Bertz CT molecular complexity index is 463. The van der Waals surface area contributed by atoms with E-state index >= 15 is 0 Å². The Morgan fingerprint density at radius 2 is 1.90 bits per heavy atom. The van der Waals surface area contributed by atoms with Crippen molar-refractivity contribution in [2.24, 2.45) is 22.7 Å². The Morgan fingerprint density at radius 1 is 1.29 bits per heavy atom. The van der Waals surface area contributed by atoms with Gasteiger partial charge in [0, 0.05) is 25.2 Å². The minimum Gasteiger partial charge on any atom is -0.492 e. The molecule has 5 nitrogen and oxygen atoms in total. The van der Waals surface area contributed by atoms with Gasteiger partial charge >= 0.3 is 0 Å². The molecule has 21 heavy (non-hydrogen) atoms. The quantitative estimate of drug-likeness (QED) is 0.377. The highest BCUT2D eigenvalue weighted by Crippen LogP contribution is 2.20. The van der Waals surface area contributed by atoms with Gasteiger partial charge in [0.15, 0.2) is 5.84 Å². The molecule has 1 heterocycles. The number of piperidine rings is 1. The number of hydrogen-bond acceptors (Lipinski definition) is 4. The van der Waals surface area contributed by atoms with E-state index in [4.69, 9.17) is 15.7 Å². The van der Waals surface area contributed by atoms with Crippen LogP contribution in [0.1, 0.15) is 25.8 Å². The number of nitrogens with two attached hydrogens (primary N) is 1. The normalized spacial score (nSPS) is 24.0. The Kier molecular flexibility index (Phi) is 5.44. The first kappa shape index (κ1) is 15.6. The zero-order chi connectivity index (χ0) is 15.2. The maximum absolute atomic E-state index is 8.61. The molecular formula is C16H25N3O2. The molecule has 2 atom stereocenters. The number of nitrogens with zero attached hydrogens (tertiary/aromatic N) is 2. The number of benzene rings is 1. The van der Waals surface area contributed by atoms with Crippen molar-refractivity contribution >= 4 is 5.84 Å². The first-order valence-corrected chi connectivity index (χ1v) is 7.51. The van der Waals surface area contributed by atoms with E-state index in [1.54, 1.807) is 12.1 Å². The van der Waals surface area contributed by atoms with Gasteiger partial charge < -0.3 is 15.7 Å². The van der Waals surface area contributed by atoms with Gasteiger partial charge in [-0.1, -0.05) is 19.0 Å². The molecule has 0 bridgehead atoms. The predicted octanol–water partition coefficient (Wildman–Crippen LogP) is 2.14. The minimum atomic E-state index is 0.109. The number of amidine groups is 1. The van der Waals surface area contributed by atoms with Crippen LogP contribution >= 0.6 is 0 Å². The predicted molar refractivity (Wildman–Crippen MR) is 83.8 cm³/mol. The third-order valence-electron chi connectivity index (χ3n) is 3.88. The summed E-state index contributed by atoms with van der Waals surface area (Å²) in [5, 5.41) is 11.6. The van der Waals surface area contributed by atoms with Crippen molar-refractivity contribution in [1.29, 1.82) is 0 Å². The summed E-state index contributed by atoms with van der Waals surface area (Å²) in [6.45, 7) is 8.59. The van der Waals surface area contributed by atoms with Crippen LogP contribution in [0, 0.1) is 11.8 Å². The second-order valence-corrected chi connectivity index (χ2v) is 6.06. The van der Waals surface area contributed by atoms with Crippen molar-refractivity contribution in [3.63, 3.8) is 0 Å². The Morgan fingerprint density at radius 3 is 2.48 bits per heavy atom. The van der Waals surface area contributed by atoms with Crippen LogP contribution in [-0.2, 0) is 0 Å². The lowest BCUT2D eigenvalue weighted by atomic mass is 9.92. The van der Waals surface area contributed by atoms with Crippen LogP contribution in [0.4, 0.5) is 0 Å². The van der Waals surface area contributed by atoms with Crippen LogP contribution in [0.2, 0.25) is 0 Å². The fourth-order valence-corrected chi connectivity index (χ4v) is 3.05. The first-order valence-electron chi connectivity index (χ1n) is 7.51. The van der Waals surface area contributed by atoms with E-state index in [2.05, 4.69) is 23.9 Å². The molecule has 1 saturated heterocycles. The summed E-state index contributed by atoms with van der Waals surface area (Å²) in [5.41, 5.74) is 6.20. The second kappa shape index (κ2) is 7.31. The number of likely N-dealkylation sites (tertiary alicyclic amines) is 1. The summed E-state index contributed by atoms with van der Waals surface area (Å²) >= 11 is 0. The van der Waals surface area contributed by atoms with Gasteiger partial charge in [-0.25, -0.2) is 0 Å². The molecule has 0 spiro atoms. The molecule has 1 fully saturated rings. The Hall–Kier alpha value is -1.75. The fraction of sp³-hybridized carbons (Fsp3) is 0.562. The van der Waals surface area contributed by atoms with Gasteiger partial charge in [-0.05, 0) is 42.5 Å². The lowest BCUT2D eigenvalue weighted by Gasteiger charge is -2.34. The first-order chi connectivity index (χ1) is 10.1. The molecular weight excluding hydrogens is 266 g/mol. The van der Waals surface area contributed by atoms with E-state index in [0.29, 0.717) is 12.2 Å². The van der Waals surface area contributed by atoms with Crippen LogP contribution in [0.5, 0.6) is 5.75 Å². The molecule has 0 radical (unpaired) electrons. The summed E-state index contributed by atoms with van der Waals surface area (Å²) in [5.74, 6) is 2.46. The third kappa shape index (κ3) is 4.63. The van der Waals surface area contributed by atoms with Crippen molar-refractivity contribution in [2.45, 2.75) is 20.3 Å². The second-order valence-electron chi connectivity index (χ2n) is 6.06. The van der Waals surface area contributed by atoms with E-state index in [9.17, 15) is 0 Å². The van der Waals surface area contributed by atoms with Gasteiger partial charge in [0.2, 0.25) is 0 Å². The van der Waals surface area contributed by atoms with E-state index in [1.165, 1.54) is 6.42 Å². The molecule has 5 heteroatoms. The Balaban J connectivity index is 1.78. The van der Waals surface area contributed by atoms with Gasteiger partial charge in [0.05, 0.1) is 0 Å². The zero-order valence-corrected chi connectivity index (χ0v) is 12.8. The molecule has 1 aliphatic heterocycles. The molecule has 0 saturated carbocycles. The molecule has 0 aliphatic carbocycles. The average Bonchev–Trinajstić information content (AvgIpc) is 2.46. The minimum absolute atomic E-state index is 0.109. The summed E-state index contributed by atoms with van der Waals surface area (Å²) in [4.78, 5) is 2.48. The number of oxime groups is 1. The van der Waals surface area contributed by atoms with E-state index < -0.39 is 0 Å². The highest BCUT2D eigenvalue weighted by Gasteiger charge is 2.21. The van der Waals surface area contributed by atoms with Crippen molar-refractivity contribution < 1.29 is 9.94 Å². The van der Waals surface area contributed by atoms with Crippen molar-refractivity contribution in [3.05, 3.63) is 29.8 Å². The lowest BCUT2D eigenvalue weighted by molar-refractivity contribution is 0.120. The van der Waals surface area contributed by atoms with Crippen molar-refractivity contribution in [1.82, 2.24) is 4.90 Å². The SMILES string of the molecule is CC1CC(C)CN(CCOc2ccc(/C(N)=N/O)cc2)C1.